The highest BCUT2D eigenvalue weighted by Gasteiger charge is 2.33. The zero-order valence-corrected chi connectivity index (χ0v) is 13.7. The van der Waals surface area contributed by atoms with Crippen LogP contribution in [0.4, 0.5) is 11.4 Å². The van der Waals surface area contributed by atoms with E-state index in [2.05, 4.69) is 10.3 Å². The normalized spacial score (nSPS) is 16.1. The number of anilines is 2. The molecule has 2 aromatic carbocycles. The molecule has 0 saturated carbocycles. The molecule has 0 radical (unpaired) electrons. The van der Waals surface area contributed by atoms with Crippen LogP contribution in [0.5, 0.6) is 5.75 Å². The van der Waals surface area contributed by atoms with Gasteiger partial charge in [-0.1, -0.05) is 12.1 Å². The number of benzene rings is 2. The molecule has 0 bridgehead atoms. The molecule has 5 heteroatoms. The van der Waals surface area contributed by atoms with E-state index in [1.54, 1.807) is 24.4 Å². The van der Waals surface area contributed by atoms with Crippen molar-refractivity contribution in [2.45, 2.75) is 6.17 Å². The fourth-order valence-electron chi connectivity index (χ4n) is 3.04. The Bertz CT molecular complexity index is 894. The van der Waals surface area contributed by atoms with Gasteiger partial charge in [-0.25, -0.2) is 0 Å². The first kappa shape index (κ1) is 15.2. The molecule has 0 aliphatic carbocycles. The molecule has 1 atom stereocenters. The molecule has 1 N–H and O–H groups in total. The van der Waals surface area contributed by atoms with Crippen LogP contribution in [-0.2, 0) is 0 Å². The lowest BCUT2D eigenvalue weighted by atomic mass is 10.0. The minimum atomic E-state index is -0.307. The van der Waals surface area contributed by atoms with Gasteiger partial charge in [0.05, 0.1) is 12.7 Å². The number of rotatable bonds is 3. The second-order valence-electron chi connectivity index (χ2n) is 5.75. The van der Waals surface area contributed by atoms with Crippen molar-refractivity contribution < 1.29 is 9.53 Å². The number of para-hydroxylation sites is 1. The summed E-state index contributed by atoms with van der Waals surface area (Å²) in [6, 6.07) is 18.9. The highest BCUT2D eigenvalue weighted by Crippen LogP contribution is 2.36. The number of carbonyl (C=O) groups excluding carboxylic acids is 1. The predicted molar refractivity (Wildman–Crippen MR) is 96.8 cm³/mol. The Morgan fingerprint density at radius 1 is 1.00 bits per heavy atom. The minimum absolute atomic E-state index is 0.0404. The lowest BCUT2D eigenvalue weighted by molar-refractivity contribution is 0.0975. The monoisotopic (exact) mass is 331 g/mol. The third-order valence-electron chi connectivity index (χ3n) is 4.30. The molecular weight excluding hydrogens is 314 g/mol. The summed E-state index contributed by atoms with van der Waals surface area (Å²) in [7, 11) is 1.62. The van der Waals surface area contributed by atoms with Gasteiger partial charge >= 0.3 is 0 Å². The molecule has 1 aliphatic heterocycles. The van der Waals surface area contributed by atoms with Gasteiger partial charge in [-0.15, -0.1) is 0 Å². The van der Waals surface area contributed by atoms with Crippen molar-refractivity contribution >= 4 is 17.3 Å². The van der Waals surface area contributed by atoms with Crippen molar-refractivity contribution in [1.82, 2.24) is 4.98 Å². The van der Waals surface area contributed by atoms with Gasteiger partial charge in [0.25, 0.3) is 5.91 Å². The molecule has 4 rings (SSSR count). The number of aromatic nitrogens is 1. The molecule has 3 aromatic rings. The van der Waals surface area contributed by atoms with Gasteiger partial charge < -0.3 is 10.1 Å². The van der Waals surface area contributed by atoms with Crippen LogP contribution < -0.4 is 15.0 Å². The number of carbonyl (C=O) groups is 1. The van der Waals surface area contributed by atoms with Crippen LogP contribution >= 0.6 is 0 Å². The quantitative estimate of drug-likeness (QED) is 0.792. The summed E-state index contributed by atoms with van der Waals surface area (Å²) in [4.78, 5) is 19.0. The second kappa shape index (κ2) is 6.28. The summed E-state index contributed by atoms with van der Waals surface area (Å²) in [6.45, 7) is 0. The molecule has 1 amide bonds. The van der Waals surface area contributed by atoms with Crippen molar-refractivity contribution in [3.63, 3.8) is 0 Å². The molecule has 5 nitrogen and oxygen atoms in total. The van der Waals surface area contributed by atoms with E-state index >= 15 is 0 Å². The lowest BCUT2D eigenvalue weighted by Gasteiger charge is -2.38. The Morgan fingerprint density at radius 3 is 2.44 bits per heavy atom. The number of ether oxygens (including phenoxy) is 1. The summed E-state index contributed by atoms with van der Waals surface area (Å²) >= 11 is 0. The van der Waals surface area contributed by atoms with E-state index in [-0.39, 0.29) is 12.1 Å². The van der Waals surface area contributed by atoms with Crippen molar-refractivity contribution in [2.75, 3.05) is 17.3 Å². The van der Waals surface area contributed by atoms with Gasteiger partial charge in [0.2, 0.25) is 0 Å². The summed E-state index contributed by atoms with van der Waals surface area (Å²) in [5.74, 6) is 0.711. The van der Waals surface area contributed by atoms with Crippen molar-refractivity contribution in [3.05, 3.63) is 84.2 Å². The number of hydrogen-bond acceptors (Lipinski definition) is 4. The summed E-state index contributed by atoms with van der Waals surface area (Å²) in [6.07, 6.45) is 3.15. The van der Waals surface area contributed by atoms with Crippen molar-refractivity contribution in [1.29, 1.82) is 0 Å². The highest BCUT2D eigenvalue weighted by molar-refractivity contribution is 6.12. The van der Waals surface area contributed by atoms with Crippen molar-refractivity contribution in [2.24, 2.45) is 0 Å². The van der Waals surface area contributed by atoms with Gasteiger partial charge in [0, 0.05) is 23.8 Å². The van der Waals surface area contributed by atoms with Crippen LogP contribution in [0.2, 0.25) is 0 Å². The van der Waals surface area contributed by atoms with E-state index in [0.29, 0.717) is 5.56 Å². The third-order valence-corrected chi connectivity index (χ3v) is 4.30. The molecule has 1 aliphatic rings. The molecule has 0 unspecified atom stereocenters. The topological polar surface area (TPSA) is 54.5 Å². The number of pyridine rings is 1. The van der Waals surface area contributed by atoms with E-state index in [1.165, 1.54) is 0 Å². The molecule has 0 saturated heterocycles. The molecule has 124 valence electrons. The maximum Gasteiger partial charge on any atom is 0.262 e. The van der Waals surface area contributed by atoms with Crippen LogP contribution in [0.3, 0.4) is 0 Å². The molecule has 0 fully saturated rings. The van der Waals surface area contributed by atoms with Crippen LogP contribution in [0.1, 0.15) is 22.1 Å². The Kier molecular flexibility index (Phi) is 3.82. The van der Waals surface area contributed by atoms with Gasteiger partial charge in [-0.3, -0.25) is 14.7 Å². The number of nitrogens with zero attached hydrogens (tertiary/aromatic N) is 2. The fraction of sp³-hybridized carbons (Fsp3) is 0.100. The summed E-state index contributed by atoms with van der Waals surface area (Å²) in [5, 5.41) is 3.47. The number of fused-ring (bicyclic) bond motifs is 1. The highest BCUT2D eigenvalue weighted by atomic mass is 16.5. The standard InChI is InChI=1S/C20H17N3O2/c1-25-16-8-6-15(7-9-16)23-19(14-10-12-21-13-11-14)22-18-5-3-2-4-17(18)20(23)24/h2-13,19,22H,1H3/t19-/m0/s1. The number of amides is 1. The third kappa shape index (κ3) is 2.70. The van der Waals surface area contributed by atoms with E-state index in [1.807, 2.05) is 60.7 Å². The second-order valence-corrected chi connectivity index (χ2v) is 5.75. The number of nitrogens with one attached hydrogen (secondary N) is 1. The smallest absolute Gasteiger partial charge is 0.262 e. The predicted octanol–water partition coefficient (Wildman–Crippen LogP) is 3.86. The molecule has 0 spiro atoms. The Hall–Kier alpha value is -3.34. The number of hydrogen-bond donors (Lipinski definition) is 1. The summed E-state index contributed by atoms with van der Waals surface area (Å²) < 4.78 is 5.22. The molecule has 1 aromatic heterocycles. The van der Waals surface area contributed by atoms with Gasteiger partial charge in [0.15, 0.2) is 0 Å². The van der Waals surface area contributed by atoms with E-state index in [9.17, 15) is 4.79 Å². The largest absolute Gasteiger partial charge is 0.497 e. The molecule has 25 heavy (non-hydrogen) atoms. The average molecular weight is 331 g/mol. The maximum absolute atomic E-state index is 13.2. The van der Waals surface area contributed by atoms with Crippen LogP contribution in [-0.4, -0.2) is 18.0 Å². The Labute approximate surface area is 145 Å². The minimum Gasteiger partial charge on any atom is -0.497 e. The first-order chi connectivity index (χ1) is 12.3. The first-order valence-electron chi connectivity index (χ1n) is 8.01. The maximum atomic E-state index is 13.2. The SMILES string of the molecule is COc1ccc(N2C(=O)c3ccccc3N[C@@H]2c2ccncc2)cc1. The van der Waals surface area contributed by atoms with Crippen molar-refractivity contribution in [3.8, 4) is 5.75 Å². The van der Waals surface area contributed by atoms with Crippen LogP contribution in [0, 0.1) is 0 Å². The summed E-state index contributed by atoms with van der Waals surface area (Å²) in [5.41, 5.74) is 3.26. The lowest BCUT2D eigenvalue weighted by Crippen LogP contribution is -2.43. The van der Waals surface area contributed by atoms with E-state index < -0.39 is 0 Å². The molecular formula is C20H17N3O2. The zero-order valence-electron chi connectivity index (χ0n) is 13.7. The van der Waals surface area contributed by atoms with Crippen LogP contribution in [0.25, 0.3) is 0 Å². The zero-order chi connectivity index (χ0) is 17.2. The van der Waals surface area contributed by atoms with E-state index in [0.717, 1.165) is 22.7 Å². The fourth-order valence-corrected chi connectivity index (χ4v) is 3.04. The van der Waals surface area contributed by atoms with Gasteiger partial charge in [-0.2, -0.15) is 0 Å². The van der Waals surface area contributed by atoms with Gasteiger partial charge in [0.1, 0.15) is 11.9 Å². The number of methoxy groups -OCH3 is 1. The Balaban J connectivity index is 1.83. The average Bonchev–Trinajstić information content (AvgIpc) is 2.69. The van der Waals surface area contributed by atoms with Gasteiger partial charge in [-0.05, 0) is 54.1 Å². The van der Waals surface area contributed by atoms with Crippen LogP contribution in [0.15, 0.2) is 73.1 Å². The Morgan fingerprint density at radius 2 is 1.72 bits per heavy atom. The molecule has 2 heterocycles. The first-order valence-corrected chi connectivity index (χ1v) is 8.01. The van der Waals surface area contributed by atoms with E-state index in [4.69, 9.17) is 4.74 Å².